The Kier molecular flexibility index (Phi) is 9.67. The molecule has 206 valence electrons. The number of hydrogen-bond donors (Lipinski definition) is 0. The van der Waals surface area contributed by atoms with Crippen LogP contribution in [0.2, 0.25) is 0 Å². The van der Waals surface area contributed by atoms with E-state index in [2.05, 4.69) is 0 Å². The lowest BCUT2D eigenvalue weighted by Crippen LogP contribution is -2.01. The van der Waals surface area contributed by atoms with Crippen LogP contribution in [-0.4, -0.2) is 34.2 Å². The first-order valence-corrected chi connectivity index (χ1v) is 12.6. The number of ether oxygens (including phenoxy) is 6. The molecule has 0 aliphatic rings. The van der Waals surface area contributed by atoms with Crippen LogP contribution in [0.5, 0.6) is 34.5 Å². The second-order valence-electron chi connectivity index (χ2n) is 8.74. The molecule has 0 radical (unpaired) electrons. The molecule has 0 aliphatic carbocycles. The summed E-state index contributed by atoms with van der Waals surface area (Å²) in [7, 11) is 6.37. The second-order valence-corrected chi connectivity index (χ2v) is 8.74. The molecular formula is C33H32O7. The summed E-state index contributed by atoms with van der Waals surface area (Å²) in [6.45, 7) is 0.778. The second kappa shape index (κ2) is 13.8. The van der Waals surface area contributed by atoms with Crippen molar-refractivity contribution in [1.29, 1.82) is 0 Å². The molecule has 0 N–H and O–H groups in total. The van der Waals surface area contributed by atoms with E-state index in [4.69, 9.17) is 28.4 Å². The summed E-state index contributed by atoms with van der Waals surface area (Å²) in [4.78, 5) is 13.0. The van der Waals surface area contributed by atoms with Gasteiger partial charge in [-0.2, -0.15) is 0 Å². The number of hydrogen-bond acceptors (Lipinski definition) is 7. The normalized spacial score (nSPS) is 10.7. The fraction of sp³-hybridized carbons (Fsp3) is 0.182. The van der Waals surface area contributed by atoms with Crippen LogP contribution in [0.25, 0.3) is 6.08 Å². The smallest absolute Gasteiger partial charge is 0.189 e. The topological polar surface area (TPSA) is 72.5 Å². The summed E-state index contributed by atoms with van der Waals surface area (Å²) in [6.07, 6.45) is 3.20. The van der Waals surface area contributed by atoms with Gasteiger partial charge >= 0.3 is 0 Å². The first-order chi connectivity index (χ1) is 19.5. The molecule has 0 heterocycles. The van der Waals surface area contributed by atoms with E-state index in [0.29, 0.717) is 41.8 Å². The maximum Gasteiger partial charge on any atom is 0.189 e. The molecule has 0 fully saturated rings. The SMILES string of the molecule is COc1ccc(COc2ccc(C=CC(=O)c3ccc(OCc4ccc(OC)cc4)cc3OC)c(OC)c2)cc1. The lowest BCUT2D eigenvalue weighted by molar-refractivity contribution is 0.104. The molecule has 40 heavy (non-hydrogen) atoms. The van der Waals surface area contributed by atoms with Crippen molar-refractivity contribution < 1.29 is 33.2 Å². The Morgan fingerprint density at radius 3 is 1.55 bits per heavy atom. The number of rotatable bonds is 13. The highest BCUT2D eigenvalue weighted by atomic mass is 16.5. The van der Waals surface area contributed by atoms with Gasteiger partial charge in [0.1, 0.15) is 47.7 Å². The molecule has 7 nitrogen and oxygen atoms in total. The molecule has 4 aromatic carbocycles. The molecule has 0 spiro atoms. The Morgan fingerprint density at radius 2 is 1.05 bits per heavy atom. The molecule has 0 saturated carbocycles. The Balaban J connectivity index is 1.39. The maximum atomic E-state index is 13.0. The highest BCUT2D eigenvalue weighted by Gasteiger charge is 2.12. The van der Waals surface area contributed by atoms with Gasteiger partial charge in [-0.3, -0.25) is 4.79 Å². The van der Waals surface area contributed by atoms with Gasteiger partial charge in [-0.05, 0) is 71.8 Å². The molecule has 0 saturated heterocycles. The number of allylic oxidation sites excluding steroid dienone is 1. The third kappa shape index (κ3) is 7.35. The molecule has 7 heteroatoms. The van der Waals surface area contributed by atoms with Crippen molar-refractivity contribution in [2.75, 3.05) is 28.4 Å². The van der Waals surface area contributed by atoms with Gasteiger partial charge in [0.05, 0.1) is 34.0 Å². The van der Waals surface area contributed by atoms with Crippen molar-refractivity contribution >= 4 is 11.9 Å². The first-order valence-electron chi connectivity index (χ1n) is 12.6. The van der Waals surface area contributed by atoms with Crippen molar-refractivity contribution in [1.82, 2.24) is 0 Å². The summed E-state index contributed by atoms with van der Waals surface area (Å²) >= 11 is 0. The fourth-order valence-electron chi connectivity index (χ4n) is 3.92. The Labute approximate surface area is 234 Å². The van der Waals surface area contributed by atoms with Crippen LogP contribution >= 0.6 is 0 Å². The highest BCUT2D eigenvalue weighted by molar-refractivity contribution is 6.08. The maximum absolute atomic E-state index is 13.0. The lowest BCUT2D eigenvalue weighted by atomic mass is 10.1. The minimum atomic E-state index is -0.208. The summed E-state index contributed by atoms with van der Waals surface area (Å²) in [5, 5.41) is 0. The quantitative estimate of drug-likeness (QED) is 0.137. The van der Waals surface area contributed by atoms with Crippen molar-refractivity contribution in [2.45, 2.75) is 13.2 Å². The van der Waals surface area contributed by atoms with Gasteiger partial charge in [0.2, 0.25) is 0 Å². The fourth-order valence-corrected chi connectivity index (χ4v) is 3.92. The Bertz CT molecular complexity index is 1440. The largest absolute Gasteiger partial charge is 0.497 e. The lowest BCUT2D eigenvalue weighted by Gasteiger charge is -2.11. The van der Waals surface area contributed by atoms with Gasteiger partial charge in [-0.1, -0.05) is 24.3 Å². The number of ketones is 1. The zero-order valence-electron chi connectivity index (χ0n) is 23.0. The summed E-state index contributed by atoms with van der Waals surface area (Å²) < 4.78 is 33.2. The summed E-state index contributed by atoms with van der Waals surface area (Å²) in [6, 6.07) is 26.0. The Hall–Kier alpha value is -4.91. The van der Waals surface area contributed by atoms with Crippen molar-refractivity contribution in [3.63, 3.8) is 0 Å². The van der Waals surface area contributed by atoms with Gasteiger partial charge in [-0.15, -0.1) is 0 Å². The van der Waals surface area contributed by atoms with E-state index in [0.717, 1.165) is 28.2 Å². The first kappa shape index (κ1) is 28.1. The van der Waals surface area contributed by atoms with E-state index in [1.807, 2.05) is 60.7 Å². The van der Waals surface area contributed by atoms with Crippen molar-refractivity contribution in [3.05, 3.63) is 113 Å². The van der Waals surface area contributed by atoms with Crippen LogP contribution in [0.4, 0.5) is 0 Å². The minimum absolute atomic E-state index is 0.208. The van der Waals surface area contributed by atoms with Crippen molar-refractivity contribution in [3.8, 4) is 34.5 Å². The van der Waals surface area contributed by atoms with E-state index in [9.17, 15) is 4.79 Å². The van der Waals surface area contributed by atoms with Gasteiger partial charge < -0.3 is 28.4 Å². The standard InChI is InChI=1S/C33H32O7/c1-35-26-11-5-23(6-12-26)21-39-28-15-9-25(32(19-28)37-3)10-18-31(34)30-17-16-29(20-33(30)38-4)40-22-24-7-13-27(36-2)14-8-24/h5-20H,21-22H2,1-4H3. The third-order valence-corrected chi connectivity index (χ3v) is 6.19. The minimum Gasteiger partial charge on any atom is -0.497 e. The zero-order chi connectivity index (χ0) is 28.3. The summed E-state index contributed by atoms with van der Waals surface area (Å²) in [5.74, 6) is 3.64. The Morgan fingerprint density at radius 1 is 0.575 bits per heavy atom. The molecular weight excluding hydrogens is 508 g/mol. The van der Waals surface area contributed by atoms with Gasteiger partial charge in [0, 0.05) is 17.7 Å². The van der Waals surface area contributed by atoms with Crippen LogP contribution in [0, 0.1) is 0 Å². The van der Waals surface area contributed by atoms with Crippen molar-refractivity contribution in [2.24, 2.45) is 0 Å². The van der Waals surface area contributed by atoms with Crippen LogP contribution < -0.4 is 28.4 Å². The highest BCUT2D eigenvalue weighted by Crippen LogP contribution is 2.29. The number of carbonyl (C=O) groups excluding carboxylic acids is 1. The number of carbonyl (C=O) groups is 1. The van der Waals surface area contributed by atoms with E-state index < -0.39 is 0 Å². The van der Waals surface area contributed by atoms with Crippen LogP contribution in [-0.2, 0) is 13.2 Å². The van der Waals surface area contributed by atoms with Gasteiger partial charge in [0.25, 0.3) is 0 Å². The molecule has 4 aromatic rings. The van der Waals surface area contributed by atoms with E-state index in [1.165, 1.54) is 13.2 Å². The monoisotopic (exact) mass is 540 g/mol. The number of benzene rings is 4. The van der Waals surface area contributed by atoms with Crippen LogP contribution in [0.15, 0.2) is 91.0 Å². The number of methoxy groups -OCH3 is 4. The van der Waals surface area contributed by atoms with Gasteiger partial charge in [-0.25, -0.2) is 0 Å². The average molecular weight is 541 g/mol. The summed E-state index contributed by atoms with van der Waals surface area (Å²) in [5.41, 5.74) is 3.18. The average Bonchev–Trinajstić information content (AvgIpc) is 3.02. The molecule has 0 aromatic heterocycles. The third-order valence-electron chi connectivity index (χ3n) is 6.19. The molecule has 0 bridgehead atoms. The van der Waals surface area contributed by atoms with E-state index >= 15 is 0 Å². The molecule has 0 aliphatic heterocycles. The molecule has 0 amide bonds. The van der Waals surface area contributed by atoms with Crippen LogP contribution in [0.1, 0.15) is 27.0 Å². The van der Waals surface area contributed by atoms with Gasteiger partial charge in [0.15, 0.2) is 5.78 Å². The molecule has 0 unspecified atom stereocenters. The predicted octanol–water partition coefficient (Wildman–Crippen LogP) is 6.78. The van der Waals surface area contributed by atoms with E-state index in [1.54, 1.807) is 51.7 Å². The van der Waals surface area contributed by atoms with Crippen LogP contribution in [0.3, 0.4) is 0 Å². The molecule has 0 atom stereocenters. The van der Waals surface area contributed by atoms with E-state index in [-0.39, 0.29) is 5.78 Å². The zero-order valence-corrected chi connectivity index (χ0v) is 23.0. The molecule has 4 rings (SSSR count). The predicted molar refractivity (Wildman–Crippen MR) is 154 cm³/mol.